The minimum absolute atomic E-state index is 0.272. The Morgan fingerprint density at radius 3 is 2.95 bits per heavy atom. The second-order valence-electron chi connectivity index (χ2n) is 3.57. The summed E-state index contributed by atoms with van der Waals surface area (Å²) >= 11 is 4.90. The normalized spacial score (nSPS) is 10.6. The minimum Gasteiger partial charge on any atom is -0.497 e. The smallest absolute Gasteiger partial charge is 0.271 e. The molecule has 0 saturated carbocycles. The van der Waals surface area contributed by atoms with Gasteiger partial charge >= 0.3 is 0 Å². The molecule has 0 aliphatic carbocycles. The van der Waals surface area contributed by atoms with Crippen LogP contribution in [0.15, 0.2) is 45.3 Å². The van der Waals surface area contributed by atoms with Gasteiger partial charge in [-0.05, 0) is 46.3 Å². The van der Waals surface area contributed by atoms with E-state index in [1.807, 2.05) is 12.1 Å². The molecule has 1 aromatic heterocycles. The Labute approximate surface area is 123 Å². The zero-order valence-corrected chi connectivity index (χ0v) is 12.5. The molecule has 0 aliphatic rings. The van der Waals surface area contributed by atoms with Gasteiger partial charge in [-0.1, -0.05) is 6.07 Å². The highest BCUT2D eigenvalue weighted by atomic mass is 79.9. The van der Waals surface area contributed by atoms with Gasteiger partial charge in [0, 0.05) is 10.4 Å². The molecule has 0 radical (unpaired) electrons. The molecule has 2 rings (SSSR count). The third-order valence-electron chi connectivity index (χ3n) is 2.28. The first kappa shape index (κ1) is 13.8. The summed E-state index contributed by atoms with van der Waals surface area (Å²) in [5, 5.41) is 3.91. The molecule has 0 spiro atoms. The molecule has 1 heterocycles. The standard InChI is InChI=1S/C13H11BrN2O2S/c1-18-10-4-2-3-9(7-10)13(17)16-15-8-11-5-6-12(14)19-11/h2-8H,1H3,(H,16,17)/b15-8-. The first-order valence-corrected chi connectivity index (χ1v) is 7.03. The Balaban J connectivity index is 1.99. The van der Waals surface area contributed by atoms with Crippen LogP contribution in [-0.4, -0.2) is 19.2 Å². The molecule has 4 nitrogen and oxygen atoms in total. The zero-order chi connectivity index (χ0) is 13.7. The monoisotopic (exact) mass is 338 g/mol. The number of benzene rings is 1. The molecule has 1 N–H and O–H groups in total. The van der Waals surface area contributed by atoms with Crippen molar-refractivity contribution >= 4 is 39.4 Å². The van der Waals surface area contributed by atoms with Crippen LogP contribution < -0.4 is 10.2 Å². The van der Waals surface area contributed by atoms with E-state index in [0.717, 1.165) is 8.66 Å². The van der Waals surface area contributed by atoms with E-state index in [9.17, 15) is 4.79 Å². The fraction of sp³-hybridized carbons (Fsp3) is 0.0769. The minimum atomic E-state index is -0.272. The third kappa shape index (κ3) is 3.90. The van der Waals surface area contributed by atoms with Crippen LogP contribution in [0.5, 0.6) is 5.75 Å². The molecule has 0 atom stereocenters. The lowest BCUT2D eigenvalue weighted by molar-refractivity contribution is 0.0955. The van der Waals surface area contributed by atoms with Crippen LogP contribution in [0, 0.1) is 0 Å². The van der Waals surface area contributed by atoms with Crippen molar-refractivity contribution in [3.63, 3.8) is 0 Å². The summed E-state index contributed by atoms with van der Waals surface area (Å²) in [5.74, 6) is 0.365. The number of hydrazone groups is 1. The number of amides is 1. The highest BCUT2D eigenvalue weighted by molar-refractivity contribution is 9.11. The number of thiophene rings is 1. The molecule has 0 unspecified atom stereocenters. The van der Waals surface area contributed by atoms with Crippen molar-refractivity contribution in [1.82, 2.24) is 5.43 Å². The number of methoxy groups -OCH3 is 1. The van der Waals surface area contributed by atoms with Crippen LogP contribution in [0.1, 0.15) is 15.2 Å². The molecule has 0 fully saturated rings. The van der Waals surface area contributed by atoms with Crippen molar-refractivity contribution < 1.29 is 9.53 Å². The fourth-order valence-corrected chi connectivity index (χ4v) is 2.68. The number of carbonyl (C=O) groups is 1. The molecule has 1 amide bonds. The van der Waals surface area contributed by atoms with Crippen molar-refractivity contribution in [2.45, 2.75) is 0 Å². The summed E-state index contributed by atoms with van der Waals surface area (Å²) in [6, 6.07) is 10.7. The van der Waals surface area contributed by atoms with Crippen LogP contribution in [0.25, 0.3) is 0 Å². The van der Waals surface area contributed by atoms with E-state index in [2.05, 4.69) is 26.5 Å². The lowest BCUT2D eigenvalue weighted by Crippen LogP contribution is -2.17. The number of rotatable bonds is 4. The van der Waals surface area contributed by atoms with E-state index >= 15 is 0 Å². The number of carbonyl (C=O) groups excluding carboxylic acids is 1. The number of hydrogen-bond acceptors (Lipinski definition) is 4. The number of nitrogens with zero attached hydrogens (tertiary/aromatic N) is 1. The van der Waals surface area contributed by atoms with Crippen molar-refractivity contribution in [2.24, 2.45) is 5.10 Å². The topological polar surface area (TPSA) is 50.7 Å². The van der Waals surface area contributed by atoms with Crippen LogP contribution >= 0.6 is 27.3 Å². The molecular formula is C13H11BrN2O2S. The largest absolute Gasteiger partial charge is 0.497 e. The predicted octanol–water partition coefficient (Wildman–Crippen LogP) is 3.28. The number of ether oxygens (including phenoxy) is 1. The molecule has 0 saturated heterocycles. The highest BCUT2D eigenvalue weighted by Gasteiger charge is 2.04. The van der Waals surface area contributed by atoms with Gasteiger partial charge in [0.1, 0.15) is 5.75 Å². The Morgan fingerprint density at radius 2 is 2.26 bits per heavy atom. The Morgan fingerprint density at radius 1 is 1.42 bits per heavy atom. The maximum absolute atomic E-state index is 11.8. The van der Waals surface area contributed by atoms with E-state index in [1.54, 1.807) is 37.6 Å². The van der Waals surface area contributed by atoms with E-state index < -0.39 is 0 Å². The fourth-order valence-electron chi connectivity index (χ4n) is 1.38. The Kier molecular flexibility index (Phi) is 4.70. The van der Waals surface area contributed by atoms with Gasteiger partial charge in [-0.3, -0.25) is 4.79 Å². The van der Waals surface area contributed by atoms with Crippen molar-refractivity contribution in [1.29, 1.82) is 0 Å². The first-order valence-electron chi connectivity index (χ1n) is 5.42. The summed E-state index contributed by atoms with van der Waals surface area (Å²) in [6.07, 6.45) is 1.60. The summed E-state index contributed by atoms with van der Waals surface area (Å²) < 4.78 is 6.08. The third-order valence-corrected chi connectivity index (χ3v) is 3.84. The molecule has 6 heteroatoms. The molecule has 19 heavy (non-hydrogen) atoms. The van der Waals surface area contributed by atoms with Crippen molar-refractivity contribution in [3.8, 4) is 5.75 Å². The zero-order valence-electron chi connectivity index (χ0n) is 10.1. The molecule has 1 aromatic carbocycles. The molecule has 98 valence electrons. The average molecular weight is 339 g/mol. The predicted molar refractivity (Wildman–Crippen MR) is 80.1 cm³/mol. The van der Waals surface area contributed by atoms with Crippen LogP contribution in [-0.2, 0) is 0 Å². The summed E-state index contributed by atoms with van der Waals surface area (Å²) in [7, 11) is 1.56. The van der Waals surface area contributed by atoms with Crippen LogP contribution in [0.2, 0.25) is 0 Å². The Bertz CT molecular complexity index is 610. The first-order chi connectivity index (χ1) is 9.19. The van der Waals surface area contributed by atoms with Crippen LogP contribution in [0.4, 0.5) is 0 Å². The van der Waals surface area contributed by atoms with Gasteiger partial charge in [-0.15, -0.1) is 11.3 Å². The second kappa shape index (κ2) is 6.49. The van der Waals surface area contributed by atoms with Gasteiger partial charge in [0.2, 0.25) is 0 Å². The van der Waals surface area contributed by atoms with Crippen LogP contribution in [0.3, 0.4) is 0 Å². The highest BCUT2D eigenvalue weighted by Crippen LogP contribution is 2.20. The van der Waals surface area contributed by atoms with E-state index in [4.69, 9.17) is 4.74 Å². The van der Waals surface area contributed by atoms with Gasteiger partial charge < -0.3 is 4.74 Å². The average Bonchev–Trinajstić information content (AvgIpc) is 2.84. The SMILES string of the molecule is COc1cccc(C(=O)N/N=C\c2ccc(Br)s2)c1. The number of nitrogens with one attached hydrogen (secondary N) is 1. The summed E-state index contributed by atoms with van der Waals surface area (Å²) in [4.78, 5) is 12.8. The summed E-state index contributed by atoms with van der Waals surface area (Å²) in [6.45, 7) is 0. The second-order valence-corrected chi connectivity index (χ2v) is 6.07. The Hall–Kier alpha value is -1.66. The lowest BCUT2D eigenvalue weighted by Gasteiger charge is -2.02. The van der Waals surface area contributed by atoms with Gasteiger partial charge in [0.25, 0.3) is 5.91 Å². The number of hydrogen-bond donors (Lipinski definition) is 1. The van der Waals surface area contributed by atoms with Crippen molar-refractivity contribution in [2.75, 3.05) is 7.11 Å². The number of halogens is 1. The van der Waals surface area contributed by atoms with Gasteiger partial charge in [0.05, 0.1) is 17.1 Å². The molecule has 0 bridgehead atoms. The quantitative estimate of drug-likeness (QED) is 0.687. The van der Waals surface area contributed by atoms with E-state index in [0.29, 0.717) is 11.3 Å². The molecular weight excluding hydrogens is 328 g/mol. The maximum atomic E-state index is 11.8. The molecule has 0 aliphatic heterocycles. The maximum Gasteiger partial charge on any atom is 0.271 e. The van der Waals surface area contributed by atoms with Crippen molar-refractivity contribution in [3.05, 3.63) is 50.6 Å². The molecule has 2 aromatic rings. The summed E-state index contributed by atoms with van der Waals surface area (Å²) in [5.41, 5.74) is 2.98. The lowest BCUT2D eigenvalue weighted by atomic mass is 10.2. The van der Waals surface area contributed by atoms with E-state index in [-0.39, 0.29) is 5.91 Å². The van der Waals surface area contributed by atoms with Gasteiger partial charge in [-0.25, -0.2) is 5.43 Å². The van der Waals surface area contributed by atoms with Gasteiger partial charge in [0.15, 0.2) is 0 Å². The van der Waals surface area contributed by atoms with Gasteiger partial charge in [-0.2, -0.15) is 5.10 Å². The van der Waals surface area contributed by atoms with E-state index in [1.165, 1.54) is 11.3 Å².